The molecule has 68 valence electrons. The molecule has 0 unspecified atom stereocenters. The maximum atomic E-state index is 11.5. The number of likely N-dealkylation sites (N-methyl/N-ethyl adjacent to an activating group) is 1. The maximum Gasteiger partial charge on any atom is 0.231 e. The molecule has 0 fully saturated rings. The largest absolute Gasteiger partial charge is 0.312 e. The van der Waals surface area contributed by atoms with Gasteiger partial charge in [-0.15, -0.1) is 0 Å². The zero-order valence-corrected chi connectivity index (χ0v) is 8.00. The fourth-order valence-electron chi connectivity index (χ4n) is 1.86. The maximum absolute atomic E-state index is 11.5. The monoisotopic (exact) mass is 175 g/mol. The van der Waals surface area contributed by atoms with Gasteiger partial charge in [-0.3, -0.25) is 4.79 Å². The predicted octanol–water partition coefficient (Wildman–Crippen LogP) is 1.90. The summed E-state index contributed by atoms with van der Waals surface area (Å²) < 4.78 is 0. The van der Waals surface area contributed by atoms with Gasteiger partial charge < -0.3 is 4.90 Å². The highest BCUT2D eigenvalue weighted by molar-refractivity contribution is 6.01. The molecule has 0 N–H and O–H groups in total. The summed E-state index contributed by atoms with van der Waals surface area (Å²) in [7, 11) is 0. The van der Waals surface area contributed by atoms with Gasteiger partial charge in [0.2, 0.25) is 5.91 Å². The third-order valence-corrected chi connectivity index (χ3v) is 2.48. The quantitative estimate of drug-likeness (QED) is 0.638. The van der Waals surface area contributed by atoms with Crippen molar-refractivity contribution in [3.63, 3.8) is 0 Å². The minimum Gasteiger partial charge on any atom is -0.312 e. The minimum atomic E-state index is 0.225. The molecule has 1 heterocycles. The first-order chi connectivity index (χ1) is 6.22. The Labute approximate surface area is 78.2 Å². The molecule has 1 aliphatic heterocycles. The summed E-state index contributed by atoms with van der Waals surface area (Å²) in [5, 5.41) is 0. The van der Waals surface area contributed by atoms with E-state index in [4.69, 9.17) is 0 Å². The molecule has 1 amide bonds. The van der Waals surface area contributed by atoms with Crippen LogP contribution in [-0.2, 0) is 11.2 Å². The molecule has 0 atom stereocenters. The summed E-state index contributed by atoms with van der Waals surface area (Å²) in [6.07, 6.45) is 0.574. The molecule has 2 nitrogen and oxygen atoms in total. The van der Waals surface area contributed by atoms with Gasteiger partial charge >= 0.3 is 0 Å². The van der Waals surface area contributed by atoms with Crippen molar-refractivity contribution in [2.75, 3.05) is 11.4 Å². The van der Waals surface area contributed by atoms with E-state index in [2.05, 4.69) is 19.1 Å². The van der Waals surface area contributed by atoms with E-state index in [-0.39, 0.29) is 5.91 Å². The van der Waals surface area contributed by atoms with Crippen LogP contribution in [0.5, 0.6) is 0 Å². The van der Waals surface area contributed by atoms with Crippen LogP contribution in [0.15, 0.2) is 18.2 Å². The zero-order chi connectivity index (χ0) is 9.42. The lowest BCUT2D eigenvalue weighted by atomic mass is 10.1. The Balaban J connectivity index is 2.48. The van der Waals surface area contributed by atoms with Crippen molar-refractivity contribution in [3.05, 3.63) is 29.3 Å². The third-order valence-electron chi connectivity index (χ3n) is 2.48. The number of rotatable bonds is 1. The first kappa shape index (κ1) is 8.30. The molecule has 0 saturated heterocycles. The highest BCUT2D eigenvalue weighted by Gasteiger charge is 2.25. The van der Waals surface area contributed by atoms with E-state index < -0.39 is 0 Å². The van der Waals surface area contributed by atoms with Crippen molar-refractivity contribution in [2.45, 2.75) is 20.3 Å². The van der Waals surface area contributed by atoms with Crippen LogP contribution in [0.1, 0.15) is 18.1 Å². The standard InChI is InChI=1S/C11H13NO/c1-3-12-10-5-4-8(2)6-9(10)7-11(12)13/h4-6H,3,7H2,1-2H3. The number of aryl methyl sites for hydroxylation is 1. The van der Waals surface area contributed by atoms with Gasteiger partial charge in [-0.1, -0.05) is 17.7 Å². The van der Waals surface area contributed by atoms with E-state index in [9.17, 15) is 4.79 Å². The number of nitrogens with zero attached hydrogens (tertiary/aromatic N) is 1. The molecule has 0 aliphatic carbocycles. The van der Waals surface area contributed by atoms with Crippen molar-refractivity contribution in [1.29, 1.82) is 0 Å². The van der Waals surface area contributed by atoms with Crippen LogP contribution >= 0.6 is 0 Å². The number of amides is 1. The summed E-state index contributed by atoms with van der Waals surface area (Å²) in [6.45, 7) is 4.83. The molecule has 2 rings (SSSR count). The predicted molar refractivity (Wildman–Crippen MR) is 52.9 cm³/mol. The summed E-state index contributed by atoms with van der Waals surface area (Å²) >= 11 is 0. The number of benzene rings is 1. The van der Waals surface area contributed by atoms with Crippen molar-refractivity contribution < 1.29 is 4.79 Å². The van der Waals surface area contributed by atoms with Crippen LogP contribution < -0.4 is 4.90 Å². The summed E-state index contributed by atoms with van der Waals surface area (Å²) in [4.78, 5) is 13.3. The molecule has 0 spiro atoms. The molecule has 1 aromatic rings. The molecule has 2 heteroatoms. The molecule has 0 aromatic heterocycles. The number of carbonyl (C=O) groups is 1. The first-order valence-corrected chi connectivity index (χ1v) is 4.62. The van der Waals surface area contributed by atoms with Gasteiger partial charge in [-0.05, 0) is 25.5 Å². The molecule has 1 aliphatic rings. The van der Waals surface area contributed by atoms with E-state index in [1.54, 1.807) is 0 Å². The number of fused-ring (bicyclic) bond motifs is 1. The number of hydrogen-bond donors (Lipinski definition) is 0. The van der Waals surface area contributed by atoms with Gasteiger partial charge in [0, 0.05) is 12.2 Å². The van der Waals surface area contributed by atoms with Crippen molar-refractivity contribution in [3.8, 4) is 0 Å². The molecular formula is C11H13NO. The van der Waals surface area contributed by atoms with Crippen LogP contribution in [0.2, 0.25) is 0 Å². The lowest BCUT2D eigenvalue weighted by Gasteiger charge is -2.14. The summed E-state index contributed by atoms with van der Waals surface area (Å²) in [5.41, 5.74) is 3.49. The lowest BCUT2D eigenvalue weighted by molar-refractivity contribution is -0.117. The highest BCUT2D eigenvalue weighted by atomic mass is 16.2. The molecular weight excluding hydrogens is 162 g/mol. The fourth-order valence-corrected chi connectivity index (χ4v) is 1.86. The van der Waals surface area contributed by atoms with Crippen molar-refractivity contribution >= 4 is 11.6 Å². The van der Waals surface area contributed by atoms with Gasteiger partial charge in [0.05, 0.1) is 6.42 Å². The van der Waals surface area contributed by atoms with Gasteiger partial charge in [0.1, 0.15) is 0 Å². The normalized spacial score (nSPS) is 14.9. The Morgan fingerprint density at radius 3 is 2.92 bits per heavy atom. The summed E-state index contributed by atoms with van der Waals surface area (Å²) in [6, 6.07) is 6.20. The van der Waals surface area contributed by atoms with Crippen LogP contribution in [0.3, 0.4) is 0 Å². The van der Waals surface area contributed by atoms with E-state index in [1.807, 2.05) is 17.9 Å². The van der Waals surface area contributed by atoms with Crippen LogP contribution in [-0.4, -0.2) is 12.5 Å². The van der Waals surface area contributed by atoms with Crippen LogP contribution in [0, 0.1) is 6.92 Å². The lowest BCUT2D eigenvalue weighted by Crippen LogP contribution is -2.25. The van der Waals surface area contributed by atoms with Crippen molar-refractivity contribution in [1.82, 2.24) is 0 Å². The Kier molecular flexibility index (Phi) is 1.83. The second-order valence-electron chi connectivity index (χ2n) is 3.45. The number of anilines is 1. The number of carbonyl (C=O) groups excluding carboxylic acids is 1. The molecule has 1 aromatic carbocycles. The minimum absolute atomic E-state index is 0.225. The second-order valence-corrected chi connectivity index (χ2v) is 3.45. The van der Waals surface area contributed by atoms with Gasteiger partial charge in [0.15, 0.2) is 0 Å². The Morgan fingerprint density at radius 2 is 2.23 bits per heavy atom. The molecule has 13 heavy (non-hydrogen) atoms. The van der Waals surface area contributed by atoms with E-state index in [0.717, 1.165) is 12.2 Å². The van der Waals surface area contributed by atoms with E-state index in [0.29, 0.717) is 6.42 Å². The molecule has 0 radical (unpaired) electrons. The fraction of sp³-hybridized carbons (Fsp3) is 0.364. The van der Waals surface area contributed by atoms with Crippen LogP contribution in [0.25, 0.3) is 0 Å². The average molecular weight is 175 g/mol. The van der Waals surface area contributed by atoms with Gasteiger partial charge in [-0.25, -0.2) is 0 Å². The Morgan fingerprint density at radius 1 is 1.46 bits per heavy atom. The van der Waals surface area contributed by atoms with Crippen molar-refractivity contribution in [2.24, 2.45) is 0 Å². The summed E-state index contributed by atoms with van der Waals surface area (Å²) in [5.74, 6) is 0.225. The third kappa shape index (κ3) is 1.22. The van der Waals surface area contributed by atoms with Gasteiger partial charge in [0.25, 0.3) is 0 Å². The van der Waals surface area contributed by atoms with E-state index in [1.165, 1.54) is 11.1 Å². The SMILES string of the molecule is CCN1C(=O)Cc2cc(C)ccc21. The number of hydrogen-bond acceptors (Lipinski definition) is 1. The zero-order valence-electron chi connectivity index (χ0n) is 8.00. The molecule has 0 saturated carbocycles. The Hall–Kier alpha value is -1.31. The average Bonchev–Trinajstić information content (AvgIpc) is 2.39. The van der Waals surface area contributed by atoms with E-state index >= 15 is 0 Å². The molecule has 0 bridgehead atoms. The Bertz CT molecular complexity index is 357. The highest BCUT2D eigenvalue weighted by Crippen LogP contribution is 2.28. The van der Waals surface area contributed by atoms with Gasteiger partial charge in [-0.2, -0.15) is 0 Å². The smallest absolute Gasteiger partial charge is 0.231 e. The van der Waals surface area contributed by atoms with Crippen LogP contribution in [0.4, 0.5) is 5.69 Å². The topological polar surface area (TPSA) is 20.3 Å². The first-order valence-electron chi connectivity index (χ1n) is 4.62. The second kappa shape index (κ2) is 2.87.